The predicted octanol–water partition coefficient (Wildman–Crippen LogP) is 3.25. The van der Waals surface area contributed by atoms with Gasteiger partial charge in [-0.1, -0.05) is 12.1 Å². The van der Waals surface area contributed by atoms with E-state index in [1.54, 1.807) is 17.5 Å². The van der Waals surface area contributed by atoms with Gasteiger partial charge in [0, 0.05) is 29.1 Å². The molecule has 1 aromatic heterocycles. The van der Waals surface area contributed by atoms with Crippen LogP contribution in [0.1, 0.15) is 0 Å². The molecule has 27 heavy (non-hydrogen) atoms. The number of ether oxygens (including phenoxy) is 2. The van der Waals surface area contributed by atoms with Crippen LogP contribution in [0.15, 0.2) is 52.7 Å². The van der Waals surface area contributed by atoms with Crippen LogP contribution in [0.5, 0.6) is 11.5 Å². The maximum atomic E-state index is 12.6. The molecule has 0 aliphatic carbocycles. The Balaban J connectivity index is 1.59. The van der Waals surface area contributed by atoms with Crippen LogP contribution in [0.4, 0.5) is 10.8 Å². The van der Waals surface area contributed by atoms with Crippen LogP contribution in [0.3, 0.4) is 0 Å². The number of hydrogen-bond donors (Lipinski definition) is 1. The average molecular weight is 405 g/mol. The SMILES string of the molecule is O=[N+]([O-])c1cccc(-c2csc(NS(=O)(=O)c3ccc4c(c3)OCO4)n2)c1. The van der Waals surface area contributed by atoms with Crippen LogP contribution in [-0.4, -0.2) is 25.1 Å². The minimum absolute atomic E-state index is 0.0128. The quantitative estimate of drug-likeness (QED) is 0.511. The number of anilines is 1. The van der Waals surface area contributed by atoms with Gasteiger partial charge < -0.3 is 9.47 Å². The molecule has 4 rings (SSSR count). The summed E-state index contributed by atoms with van der Waals surface area (Å²) in [6, 6.07) is 10.3. The molecule has 0 spiro atoms. The van der Waals surface area contributed by atoms with Crippen LogP contribution < -0.4 is 14.2 Å². The second kappa shape index (κ2) is 6.52. The van der Waals surface area contributed by atoms with E-state index >= 15 is 0 Å². The van der Waals surface area contributed by atoms with Gasteiger partial charge >= 0.3 is 0 Å². The Morgan fingerprint density at radius 3 is 2.78 bits per heavy atom. The Morgan fingerprint density at radius 2 is 1.96 bits per heavy atom. The van der Waals surface area contributed by atoms with Crippen LogP contribution in [0.25, 0.3) is 11.3 Å². The molecule has 1 N–H and O–H groups in total. The molecule has 9 nitrogen and oxygen atoms in total. The molecule has 1 aliphatic rings. The predicted molar refractivity (Wildman–Crippen MR) is 97.6 cm³/mol. The van der Waals surface area contributed by atoms with Crippen molar-refractivity contribution in [2.45, 2.75) is 4.90 Å². The molecule has 0 amide bonds. The van der Waals surface area contributed by atoms with Crippen molar-refractivity contribution in [1.29, 1.82) is 0 Å². The van der Waals surface area contributed by atoms with Crippen LogP contribution in [0.2, 0.25) is 0 Å². The maximum absolute atomic E-state index is 12.6. The van der Waals surface area contributed by atoms with E-state index in [2.05, 4.69) is 9.71 Å². The lowest BCUT2D eigenvalue weighted by molar-refractivity contribution is -0.384. The number of thiazole rings is 1. The summed E-state index contributed by atoms with van der Waals surface area (Å²) in [6.07, 6.45) is 0. The lowest BCUT2D eigenvalue weighted by Crippen LogP contribution is -2.12. The molecular weight excluding hydrogens is 394 g/mol. The van der Waals surface area contributed by atoms with Crippen molar-refractivity contribution < 1.29 is 22.8 Å². The highest BCUT2D eigenvalue weighted by atomic mass is 32.2. The number of fused-ring (bicyclic) bond motifs is 1. The largest absolute Gasteiger partial charge is 0.454 e. The third-order valence-corrected chi connectivity index (χ3v) is 5.96. The molecule has 11 heteroatoms. The molecule has 0 saturated heterocycles. The Hall–Kier alpha value is -3.18. The standard InChI is InChI=1S/C16H11N3O6S2/c20-19(21)11-3-1-2-10(6-11)13-8-26-16(17-13)18-27(22,23)12-4-5-14-15(7-12)25-9-24-14/h1-8H,9H2,(H,17,18). The Bertz CT molecular complexity index is 1140. The van der Waals surface area contributed by atoms with Crippen LogP contribution in [-0.2, 0) is 10.0 Å². The molecule has 2 aromatic carbocycles. The molecule has 3 aromatic rings. The minimum Gasteiger partial charge on any atom is -0.454 e. The lowest BCUT2D eigenvalue weighted by Gasteiger charge is -2.06. The van der Waals surface area contributed by atoms with Gasteiger partial charge in [0.05, 0.1) is 15.5 Å². The number of hydrogen-bond acceptors (Lipinski definition) is 8. The van der Waals surface area contributed by atoms with Crippen molar-refractivity contribution in [2.75, 3.05) is 11.5 Å². The van der Waals surface area contributed by atoms with E-state index < -0.39 is 14.9 Å². The van der Waals surface area contributed by atoms with E-state index in [0.29, 0.717) is 22.8 Å². The van der Waals surface area contributed by atoms with E-state index in [1.165, 1.54) is 30.3 Å². The van der Waals surface area contributed by atoms with Crippen molar-refractivity contribution in [3.63, 3.8) is 0 Å². The molecule has 0 atom stereocenters. The van der Waals surface area contributed by atoms with E-state index in [0.717, 1.165) is 11.3 Å². The summed E-state index contributed by atoms with van der Waals surface area (Å²) in [7, 11) is -3.87. The van der Waals surface area contributed by atoms with Gasteiger partial charge in [-0.25, -0.2) is 13.4 Å². The number of aromatic nitrogens is 1. The number of benzene rings is 2. The molecule has 0 fully saturated rings. The van der Waals surface area contributed by atoms with Crippen molar-refractivity contribution >= 4 is 32.2 Å². The van der Waals surface area contributed by atoms with Crippen molar-refractivity contribution in [2.24, 2.45) is 0 Å². The number of nitro benzene ring substituents is 1. The summed E-state index contributed by atoms with van der Waals surface area (Å²) in [4.78, 5) is 14.6. The average Bonchev–Trinajstić information content (AvgIpc) is 3.30. The third kappa shape index (κ3) is 3.41. The first-order chi connectivity index (χ1) is 12.9. The van der Waals surface area contributed by atoms with Crippen molar-refractivity contribution in [1.82, 2.24) is 4.98 Å². The topological polar surface area (TPSA) is 121 Å². The first-order valence-corrected chi connectivity index (χ1v) is 9.91. The molecule has 0 saturated carbocycles. The molecule has 2 heterocycles. The van der Waals surface area contributed by atoms with Gasteiger partial charge in [-0.2, -0.15) is 0 Å². The number of nitro groups is 1. The van der Waals surface area contributed by atoms with Gasteiger partial charge in [0.15, 0.2) is 16.6 Å². The molecule has 0 unspecified atom stereocenters. The summed E-state index contributed by atoms with van der Waals surface area (Å²) >= 11 is 1.08. The van der Waals surface area contributed by atoms with E-state index in [4.69, 9.17) is 9.47 Å². The monoisotopic (exact) mass is 405 g/mol. The van der Waals surface area contributed by atoms with Crippen molar-refractivity contribution in [3.05, 3.63) is 58.0 Å². The van der Waals surface area contributed by atoms with E-state index in [-0.39, 0.29) is 22.5 Å². The second-order valence-corrected chi connectivity index (χ2v) is 8.01. The summed E-state index contributed by atoms with van der Waals surface area (Å²) in [5, 5.41) is 12.7. The Kier molecular flexibility index (Phi) is 4.16. The van der Waals surface area contributed by atoms with Gasteiger partial charge in [-0.15, -0.1) is 11.3 Å². The smallest absolute Gasteiger partial charge is 0.270 e. The highest BCUT2D eigenvalue weighted by Crippen LogP contribution is 2.35. The fourth-order valence-corrected chi connectivity index (χ4v) is 4.44. The summed E-state index contributed by atoms with van der Waals surface area (Å²) < 4.78 is 37.9. The van der Waals surface area contributed by atoms with Crippen molar-refractivity contribution in [3.8, 4) is 22.8 Å². The highest BCUT2D eigenvalue weighted by molar-refractivity contribution is 7.93. The zero-order valence-electron chi connectivity index (χ0n) is 13.5. The highest BCUT2D eigenvalue weighted by Gasteiger charge is 2.21. The zero-order valence-corrected chi connectivity index (χ0v) is 15.1. The van der Waals surface area contributed by atoms with Crippen LogP contribution in [0, 0.1) is 10.1 Å². The Labute approximate surface area is 157 Å². The number of nitrogens with zero attached hydrogens (tertiary/aromatic N) is 2. The number of nitrogens with one attached hydrogen (secondary N) is 1. The number of sulfonamides is 1. The Morgan fingerprint density at radius 1 is 1.15 bits per heavy atom. The van der Waals surface area contributed by atoms with Gasteiger partial charge in [0.25, 0.3) is 15.7 Å². The molecule has 0 bridgehead atoms. The molecule has 1 aliphatic heterocycles. The fraction of sp³-hybridized carbons (Fsp3) is 0.0625. The van der Waals surface area contributed by atoms with E-state index in [1.807, 2.05) is 0 Å². The summed E-state index contributed by atoms with van der Waals surface area (Å²) in [5.41, 5.74) is 0.893. The third-order valence-electron chi connectivity index (χ3n) is 3.73. The number of rotatable bonds is 5. The van der Waals surface area contributed by atoms with Gasteiger partial charge in [0.1, 0.15) is 0 Å². The zero-order chi connectivity index (χ0) is 19.0. The van der Waals surface area contributed by atoms with Gasteiger partial charge in [-0.05, 0) is 12.1 Å². The second-order valence-electron chi connectivity index (χ2n) is 5.47. The summed E-state index contributed by atoms with van der Waals surface area (Å²) in [5.74, 6) is 0.838. The summed E-state index contributed by atoms with van der Waals surface area (Å²) in [6.45, 7) is 0.0469. The molecular formula is C16H11N3O6S2. The maximum Gasteiger partial charge on any atom is 0.270 e. The molecule has 0 radical (unpaired) electrons. The van der Waals surface area contributed by atoms with Crippen LogP contribution >= 0.6 is 11.3 Å². The lowest BCUT2D eigenvalue weighted by atomic mass is 10.1. The first-order valence-electron chi connectivity index (χ1n) is 7.55. The minimum atomic E-state index is -3.87. The van der Waals surface area contributed by atoms with Gasteiger partial charge in [0.2, 0.25) is 6.79 Å². The fourth-order valence-electron chi connectivity index (χ4n) is 2.45. The van der Waals surface area contributed by atoms with Gasteiger partial charge in [-0.3, -0.25) is 14.8 Å². The number of non-ortho nitro benzene ring substituents is 1. The first kappa shape index (κ1) is 17.2. The normalized spacial score (nSPS) is 12.7. The van der Waals surface area contributed by atoms with E-state index in [9.17, 15) is 18.5 Å². The molecule has 138 valence electrons.